The van der Waals surface area contributed by atoms with Crippen LogP contribution in [0.3, 0.4) is 0 Å². The molecule has 0 aromatic carbocycles. The molecule has 0 aliphatic carbocycles. The zero-order chi connectivity index (χ0) is 22.7. The average molecular weight is 425 g/mol. The van der Waals surface area contributed by atoms with E-state index in [2.05, 4.69) is 15.6 Å². The van der Waals surface area contributed by atoms with Crippen LogP contribution in [-0.2, 0) is 11.3 Å². The van der Waals surface area contributed by atoms with Crippen LogP contribution in [0.2, 0.25) is 0 Å². The zero-order valence-electron chi connectivity index (χ0n) is 18.5. The van der Waals surface area contributed by atoms with Crippen LogP contribution in [0.25, 0.3) is 0 Å². The number of aromatic amines is 1. The second kappa shape index (κ2) is 12.7. The SMILES string of the molecule is CCCCCN(CC(=O)NC(=O)NCC(C)C)c1c(N)n(CCCC)c(=O)[nH]c1=O. The molecule has 0 spiro atoms. The second-order valence-corrected chi connectivity index (χ2v) is 7.78. The van der Waals surface area contributed by atoms with Crippen LogP contribution in [0.4, 0.5) is 16.3 Å². The Kier molecular flexibility index (Phi) is 10.7. The molecule has 0 bridgehead atoms. The molecule has 5 N–H and O–H groups in total. The number of anilines is 2. The van der Waals surface area contributed by atoms with Crippen molar-refractivity contribution in [3.05, 3.63) is 20.8 Å². The maximum absolute atomic E-state index is 12.5. The van der Waals surface area contributed by atoms with Crippen molar-refractivity contribution in [1.29, 1.82) is 0 Å². The number of aromatic nitrogens is 2. The molecule has 170 valence electrons. The first-order valence-electron chi connectivity index (χ1n) is 10.7. The van der Waals surface area contributed by atoms with Gasteiger partial charge in [-0.05, 0) is 18.8 Å². The third-order valence-corrected chi connectivity index (χ3v) is 4.56. The molecule has 1 heterocycles. The number of carbonyl (C=O) groups excluding carboxylic acids is 2. The minimum atomic E-state index is -0.640. The van der Waals surface area contributed by atoms with Gasteiger partial charge in [-0.25, -0.2) is 9.59 Å². The molecule has 10 heteroatoms. The first-order chi connectivity index (χ1) is 14.2. The van der Waals surface area contributed by atoms with E-state index in [9.17, 15) is 19.2 Å². The molecule has 0 atom stereocenters. The molecular weight excluding hydrogens is 388 g/mol. The van der Waals surface area contributed by atoms with Gasteiger partial charge in [0.05, 0.1) is 6.54 Å². The predicted octanol–water partition coefficient (Wildman–Crippen LogP) is 1.40. The largest absolute Gasteiger partial charge is 0.383 e. The third kappa shape index (κ3) is 7.92. The number of rotatable bonds is 12. The molecule has 0 aliphatic heterocycles. The highest BCUT2D eigenvalue weighted by molar-refractivity contribution is 5.96. The lowest BCUT2D eigenvalue weighted by atomic mass is 10.2. The molecule has 0 unspecified atom stereocenters. The lowest BCUT2D eigenvalue weighted by Gasteiger charge is -2.25. The number of nitrogens with zero attached hydrogens (tertiary/aromatic N) is 2. The maximum atomic E-state index is 12.5. The van der Waals surface area contributed by atoms with Gasteiger partial charge in [-0.1, -0.05) is 47.0 Å². The number of carbonyl (C=O) groups is 2. The van der Waals surface area contributed by atoms with Crippen molar-refractivity contribution in [2.75, 3.05) is 30.3 Å². The summed E-state index contributed by atoms with van der Waals surface area (Å²) in [5, 5.41) is 4.89. The van der Waals surface area contributed by atoms with Crippen molar-refractivity contribution in [3.8, 4) is 0 Å². The van der Waals surface area contributed by atoms with Crippen LogP contribution in [0, 0.1) is 5.92 Å². The van der Waals surface area contributed by atoms with Crippen molar-refractivity contribution in [2.45, 2.75) is 66.3 Å². The first kappa shape index (κ1) is 25.3. The van der Waals surface area contributed by atoms with E-state index in [1.807, 2.05) is 27.7 Å². The lowest BCUT2D eigenvalue weighted by molar-refractivity contribution is -0.118. The minimum Gasteiger partial charge on any atom is -0.383 e. The van der Waals surface area contributed by atoms with Crippen LogP contribution in [0.15, 0.2) is 9.59 Å². The van der Waals surface area contributed by atoms with Gasteiger partial charge in [0.25, 0.3) is 5.56 Å². The van der Waals surface area contributed by atoms with Crippen LogP contribution in [0.1, 0.15) is 59.8 Å². The second-order valence-electron chi connectivity index (χ2n) is 7.78. The molecule has 1 rings (SSSR count). The van der Waals surface area contributed by atoms with Gasteiger partial charge in [0.1, 0.15) is 11.5 Å². The van der Waals surface area contributed by atoms with Crippen LogP contribution in [0.5, 0.6) is 0 Å². The predicted molar refractivity (Wildman–Crippen MR) is 119 cm³/mol. The number of imide groups is 1. The fourth-order valence-electron chi connectivity index (χ4n) is 2.92. The topological polar surface area (TPSA) is 142 Å². The summed E-state index contributed by atoms with van der Waals surface area (Å²) in [5.41, 5.74) is 5.05. The van der Waals surface area contributed by atoms with Gasteiger partial charge in [0.15, 0.2) is 0 Å². The number of nitrogens with one attached hydrogen (secondary N) is 3. The van der Waals surface area contributed by atoms with E-state index in [1.165, 1.54) is 9.47 Å². The molecule has 0 fully saturated rings. The van der Waals surface area contributed by atoms with E-state index in [4.69, 9.17) is 5.73 Å². The quantitative estimate of drug-likeness (QED) is 0.374. The number of nitrogens with two attached hydrogens (primary N) is 1. The average Bonchev–Trinajstić information content (AvgIpc) is 2.66. The Morgan fingerprint density at radius 2 is 1.80 bits per heavy atom. The summed E-state index contributed by atoms with van der Waals surface area (Å²) in [6.45, 7) is 8.90. The lowest BCUT2D eigenvalue weighted by Crippen LogP contribution is -2.47. The van der Waals surface area contributed by atoms with Crippen molar-refractivity contribution in [3.63, 3.8) is 0 Å². The smallest absolute Gasteiger partial charge is 0.330 e. The molecular formula is C20H36N6O4. The van der Waals surface area contributed by atoms with Crippen molar-refractivity contribution in [1.82, 2.24) is 20.2 Å². The van der Waals surface area contributed by atoms with Crippen LogP contribution >= 0.6 is 0 Å². The summed E-state index contributed by atoms with van der Waals surface area (Å²) in [5.74, 6) is -0.275. The molecule has 0 radical (unpaired) electrons. The number of hydrogen-bond acceptors (Lipinski definition) is 6. The molecule has 1 aromatic heterocycles. The number of hydrogen-bond donors (Lipinski definition) is 4. The van der Waals surface area contributed by atoms with E-state index < -0.39 is 23.2 Å². The molecule has 10 nitrogen and oxygen atoms in total. The summed E-state index contributed by atoms with van der Waals surface area (Å²) < 4.78 is 1.32. The molecule has 1 aromatic rings. The monoisotopic (exact) mass is 424 g/mol. The van der Waals surface area contributed by atoms with Gasteiger partial charge in [-0.15, -0.1) is 0 Å². The van der Waals surface area contributed by atoms with Gasteiger partial charge in [0.2, 0.25) is 5.91 Å². The fourth-order valence-corrected chi connectivity index (χ4v) is 2.92. The van der Waals surface area contributed by atoms with Crippen LogP contribution in [-0.4, -0.2) is 41.1 Å². The maximum Gasteiger partial charge on any atom is 0.330 e. The first-order valence-corrected chi connectivity index (χ1v) is 10.7. The number of amides is 3. The van der Waals surface area contributed by atoms with Gasteiger partial charge in [-0.3, -0.25) is 24.5 Å². The Hall–Kier alpha value is -2.78. The van der Waals surface area contributed by atoms with E-state index in [1.54, 1.807) is 0 Å². The molecule has 3 amide bonds. The zero-order valence-corrected chi connectivity index (χ0v) is 18.5. The fraction of sp³-hybridized carbons (Fsp3) is 0.700. The highest BCUT2D eigenvalue weighted by Gasteiger charge is 2.21. The normalized spacial score (nSPS) is 10.8. The van der Waals surface area contributed by atoms with Crippen molar-refractivity contribution < 1.29 is 9.59 Å². The van der Waals surface area contributed by atoms with Crippen LogP contribution < -0.4 is 32.5 Å². The van der Waals surface area contributed by atoms with E-state index in [0.717, 1.165) is 32.1 Å². The van der Waals surface area contributed by atoms with E-state index >= 15 is 0 Å². The van der Waals surface area contributed by atoms with Gasteiger partial charge in [-0.2, -0.15) is 0 Å². The molecule has 30 heavy (non-hydrogen) atoms. The number of urea groups is 1. The Bertz CT molecular complexity index is 814. The highest BCUT2D eigenvalue weighted by atomic mass is 16.2. The summed E-state index contributed by atoms with van der Waals surface area (Å²) in [7, 11) is 0. The van der Waals surface area contributed by atoms with Crippen molar-refractivity contribution >= 4 is 23.4 Å². The Morgan fingerprint density at radius 1 is 1.13 bits per heavy atom. The Morgan fingerprint density at radius 3 is 2.40 bits per heavy atom. The number of unbranched alkanes of at least 4 members (excludes halogenated alkanes) is 3. The van der Waals surface area contributed by atoms with E-state index in [-0.39, 0.29) is 24.0 Å². The van der Waals surface area contributed by atoms with Gasteiger partial charge < -0.3 is 16.0 Å². The summed E-state index contributed by atoms with van der Waals surface area (Å²) in [4.78, 5) is 52.9. The third-order valence-electron chi connectivity index (χ3n) is 4.56. The summed E-state index contributed by atoms with van der Waals surface area (Å²) >= 11 is 0. The highest BCUT2D eigenvalue weighted by Crippen LogP contribution is 2.18. The van der Waals surface area contributed by atoms with Crippen molar-refractivity contribution in [2.24, 2.45) is 5.92 Å². The molecule has 0 saturated carbocycles. The van der Waals surface area contributed by atoms with Gasteiger partial charge in [0, 0.05) is 19.6 Å². The Balaban J connectivity index is 3.10. The number of nitrogen functional groups attached to an aromatic ring is 1. The molecule has 0 saturated heterocycles. The van der Waals surface area contributed by atoms with E-state index in [0.29, 0.717) is 19.6 Å². The summed E-state index contributed by atoms with van der Waals surface area (Å²) in [6.07, 6.45) is 4.17. The number of H-pyrrole nitrogens is 1. The molecule has 0 aliphatic rings. The Labute approximate surface area is 177 Å². The standard InChI is InChI=1S/C20H36N6O4/c1-5-7-9-10-25(13-15(27)23-19(29)22-12-14(3)4)16-17(21)26(11-8-6-2)20(30)24-18(16)28/h14H,5-13,21H2,1-4H3,(H,24,28,30)(H2,22,23,27,29). The summed E-state index contributed by atoms with van der Waals surface area (Å²) in [6, 6.07) is -0.586. The minimum absolute atomic E-state index is 0.0331. The van der Waals surface area contributed by atoms with Gasteiger partial charge >= 0.3 is 11.7 Å².